The molecule has 0 radical (unpaired) electrons. The van der Waals surface area contributed by atoms with Crippen molar-refractivity contribution in [2.45, 2.75) is 56.1 Å². The topological polar surface area (TPSA) is 96.7 Å². The van der Waals surface area contributed by atoms with Crippen molar-refractivity contribution in [3.05, 3.63) is 63.7 Å². The van der Waals surface area contributed by atoms with Gasteiger partial charge in [-0.3, -0.25) is 15.0 Å². The summed E-state index contributed by atoms with van der Waals surface area (Å²) in [5, 5.41) is 17.2. The van der Waals surface area contributed by atoms with Crippen LogP contribution in [0.5, 0.6) is 6.01 Å². The molecular weight excluding hydrogens is 578 g/mol. The molecule has 8 rings (SSSR count). The van der Waals surface area contributed by atoms with E-state index in [1.807, 2.05) is 0 Å². The molecule has 4 aliphatic rings. The largest absolute Gasteiger partial charge is 0.461 e. The lowest BCUT2D eigenvalue weighted by molar-refractivity contribution is -0.384. The fourth-order valence-corrected chi connectivity index (χ4v) is 8.22. The van der Waals surface area contributed by atoms with E-state index in [1.54, 1.807) is 12.1 Å². The molecule has 0 spiro atoms. The number of piperazine rings is 1. The second-order valence-corrected chi connectivity index (χ2v) is 12.8. The zero-order valence-electron chi connectivity index (χ0n) is 24.7. The van der Waals surface area contributed by atoms with Gasteiger partial charge >= 0.3 is 6.01 Å². The van der Waals surface area contributed by atoms with E-state index in [2.05, 4.69) is 26.0 Å². The Hall–Kier alpha value is -4.40. The van der Waals surface area contributed by atoms with Crippen LogP contribution in [0, 0.1) is 34.1 Å². The monoisotopic (exact) mass is 610 g/mol. The van der Waals surface area contributed by atoms with Crippen LogP contribution in [-0.2, 0) is 0 Å². The molecule has 230 valence electrons. The number of anilines is 1. The molecule has 0 saturated carbocycles. The number of hydrogen-bond donors (Lipinski definition) is 1. The summed E-state index contributed by atoms with van der Waals surface area (Å²) in [5.74, 6) is 1.22. The number of nitro benzene ring substituents is 1. The molecule has 0 unspecified atom stereocenters. The highest BCUT2D eigenvalue weighted by molar-refractivity contribution is 6.06. The van der Waals surface area contributed by atoms with E-state index < -0.39 is 22.2 Å². The van der Waals surface area contributed by atoms with Gasteiger partial charge in [-0.1, -0.05) is 30.2 Å². The molecule has 2 atom stereocenters. The van der Waals surface area contributed by atoms with Crippen LogP contribution in [0.4, 0.5) is 20.3 Å². The minimum absolute atomic E-state index is 0.0449. The Bertz CT molecular complexity index is 1900. The molecule has 11 heteroatoms. The lowest BCUT2D eigenvalue weighted by Crippen LogP contribution is -2.51. The molecule has 1 N–H and O–H groups in total. The van der Waals surface area contributed by atoms with Gasteiger partial charge < -0.3 is 15.0 Å². The Morgan fingerprint density at radius 2 is 1.87 bits per heavy atom. The standard InChI is InChI=1S/C34H32F2N6O3/c1-2-23-26(35)11-8-20-6-3-7-24(28(20)23)29-27(42(43)44)16-25-31(30(29)36)38-33(45-19-34-12-4-14-41(34)15-5-13-34)39-32(25)40-17-21-9-10-22(18-40)37-21/h1,3,6-8,11,16,21-22,37H,4-5,9-10,12-15,17-19H2/t21-,22+. The summed E-state index contributed by atoms with van der Waals surface area (Å²) in [4.78, 5) is 25.9. The number of benzene rings is 3. The first-order valence-electron chi connectivity index (χ1n) is 15.6. The number of ether oxygens (including phenoxy) is 1. The van der Waals surface area contributed by atoms with E-state index in [0.29, 0.717) is 30.9 Å². The maximum atomic E-state index is 17.1. The van der Waals surface area contributed by atoms with E-state index in [1.165, 1.54) is 24.3 Å². The van der Waals surface area contributed by atoms with Crippen LogP contribution in [0.2, 0.25) is 0 Å². The molecule has 5 heterocycles. The molecule has 0 amide bonds. The summed E-state index contributed by atoms with van der Waals surface area (Å²) in [6.45, 7) is 3.71. The quantitative estimate of drug-likeness (QED) is 0.172. The van der Waals surface area contributed by atoms with Gasteiger partial charge in [-0.25, -0.2) is 8.78 Å². The molecule has 1 aromatic heterocycles. The second-order valence-electron chi connectivity index (χ2n) is 12.8. The summed E-state index contributed by atoms with van der Waals surface area (Å²) in [6, 6.07) is 9.54. The predicted molar refractivity (Wildman–Crippen MR) is 167 cm³/mol. The molecule has 4 aromatic rings. The minimum atomic E-state index is -0.896. The highest BCUT2D eigenvalue weighted by Crippen LogP contribution is 2.44. The Labute approximate surface area is 258 Å². The van der Waals surface area contributed by atoms with Gasteiger partial charge in [-0.2, -0.15) is 9.97 Å². The summed E-state index contributed by atoms with van der Waals surface area (Å²) >= 11 is 0. The number of rotatable bonds is 6. The minimum Gasteiger partial charge on any atom is -0.461 e. The third-order valence-electron chi connectivity index (χ3n) is 10.3. The Morgan fingerprint density at radius 1 is 1.11 bits per heavy atom. The van der Waals surface area contributed by atoms with Gasteiger partial charge in [-0.05, 0) is 63.1 Å². The summed E-state index contributed by atoms with van der Waals surface area (Å²) in [6.07, 6.45) is 12.0. The van der Waals surface area contributed by atoms with Crippen LogP contribution in [0.1, 0.15) is 44.1 Å². The molecule has 3 aromatic carbocycles. The van der Waals surface area contributed by atoms with E-state index in [0.717, 1.165) is 51.6 Å². The Morgan fingerprint density at radius 3 is 2.58 bits per heavy atom. The smallest absolute Gasteiger partial charge is 0.319 e. The SMILES string of the molecule is C#Cc1c(F)ccc2cccc(-c3c([N+](=O)[O-])cc4c(N5C[C@H]6CC[C@@H](C5)N6)nc(OCC56CCCN5CCC6)nc4c3F)c12. The van der Waals surface area contributed by atoms with Crippen molar-refractivity contribution in [1.29, 1.82) is 0 Å². The van der Waals surface area contributed by atoms with Crippen LogP contribution < -0.4 is 15.0 Å². The fraction of sp³-hybridized carbons (Fsp3) is 0.412. The van der Waals surface area contributed by atoms with Gasteiger partial charge in [0.25, 0.3) is 5.69 Å². The molecule has 4 aliphatic heterocycles. The second kappa shape index (κ2) is 10.6. The number of nitrogens with one attached hydrogen (secondary N) is 1. The first-order valence-corrected chi connectivity index (χ1v) is 15.6. The van der Waals surface area contributed by atoms with E-state index in [-0.39, 0.29) is 56.6 Å². The number of fused-ring (bicyclic) bond motifs is 5. The van der Waals surface area contributed by atoms with Gasteiger partial charge in [0.15, 0.2) is 5.82 Å². The van der Waals surface area contributed by atoms with Crippen LogP contribution >= 0.6 is 0 Å². The van der Waals surface area contributed by atoms with Crippen molar-refractivity contribution in [3.63, 3.8) is 0 Å². The van der Waals surface area contributed by atoms with Crippen molar-refractivity contribution in [3.8, 4) is 29.5 Å². The number of terminal acetylenes is 1. The Balaban J connectivity index is 1.34. The lowest BCUT2D eigenvalue weighted by atomic mass is 9.92. The first kappa shape index (κ1) is 28.1. The summed E-state index contributed by atoms with van der Waals surface area (Å²) in [7, 11) is 0. The molecule has 9 nitrogen and oxygen atoms in total. The lowest BCUT2D eigenvalue weighted by Gasteiger charge is -2.34. The van der Waals surface area contributed by atoms with Gasteiger partial charge in [0.2, 0.25) is 0 Å². The molecular formula is C34H32F2N6O3. The average molecular weight is 611 g/mol. The van der Waals surface area contributed by atoms with Gasteiger partial charge in [0.1, 0.15) is 23.8 Å². The summed E-state index contributed by atoms with van der Waals surface area (Å²) in [5.41, 5.74) is -0.887. The highest BCUT2D eigenvalue weighted by atomic mass is 19.1. The third kappa shape index (κ3) is 4.50. The molecule has 4 saturated heterocycles. The first-order chi connectivity index (χ1) is 21.8. The molecule has 45 heavy (non-hydrogen) atoms. The van der Waals surface area contributed by atoms with Gasteiger partial charge in [0, 0.05) is 42.2 Å². The number of nitro groups is 1. The van der Waals surface area contributed by atoms with Gasteiger partial charge in [0.05, 0.1) is 27.0 Å². The number of nitrogens with zero attached hydrogens (tertiary/aromatic N) is 5. The van der Waals surface area contributed by atoms with Crippen molar-refractivity contribution in [2.75, 3.05) is 37.7 Å². The zero-order chi connectivity index (χ0) is 30.9. The molecule has 2 bridgehead atoms. The molecule has 0 aliphatic carbocycles. The van der Waals surface area contributed by atoms with Crippen LogP contribution in [0.15, 0.2) is 36.4 Å². The molecule has 4 fully saturated rings. The van der Waals surface area contributed by atoms with Crippen molar-refractivity contribution in [2.24, 2.45) is 0 Å². The third-order valence-corrected chi connectivity index (χ3v) is 10.3. The number of aromatic nitrogens is 2. The Kier molecular flexibility index (Phi) is 6.62. The average Bonchev–Trinajstić information content (AvgIpc) is 3.73. The van der Waals surface area contributed by atoms with E-state index in [4.69, 9.17) is 16.1 Å². The van der Waals surface area contributed by atoms with Crippen molar-refractivity contribution < 1.29 is 18.4 Å². The normalized spacial score (nSPS) is 22.2. The number of hydrogen-bond acceptors (Lipinski definition) is 8. The van der Waals surface area contributed by atoms with Crippen LogP contribution in [0.3, 0.4) is 0 Å². The van der Waals surface area contributed by atoms with Crippen molar-refractivity contribution >= 4 is 33.2 Å². The van der Waals surface area contributed by atoms with Crippen molar-refractivity contribution in [1.82, 2.24) is 20.2 Å². The maximum Gasteiger partial charge on any atom is 0.319 e. The van der Waals surface area contributed by atoms with Crippen LogP contribution in [0.25, 0.3) is 32.8 Å². The summed E-state index contributed by atoms with van der Waals surface area (Å²) < 4.78 is 38.3. The van der Waals surface area contributed by atoms with E-state index >= 15 is 4.39 Å². The highest BCUT2D eigenvalue weighted by Gasteiger charge is 2.45. The van der Waals surface area contributed by atoms with Gasteiger partial charge in [-0.15, -0.1) is 6.42 Å². The van der Waals surface area contributed by atoms with Crippen LogP contribution in [-0.4, -0.2) is 70.2 Å². The zero-order valence-corrected chi connectivity index (χ0v) is 24.7. The maximum absolute atomic E-state index is 17.1. The fourth-order valence-electron chi connectivity index (χ4n) is 8.22. The number of halogens is 2. The van der Waals surface area contributed by atoms with E-state index in [9.17, 15) is 14.5 Å². The predicted octanol–water partition coefficient (Wildman–Crippen LogP) is 5.57.